The molecule has 0 bridgehead atoms. The van der Waals surface area contributed by atoms with Gasteiger partial charge in [0.05, 0.1) is 0 Å². The van der Waals surface area contributed by atoms with Gasteiger partial charge in [0, 0.05) is 17.4 Å². The monoisotopic (exact) mass is 383 g/mol. The fourth-order valence-corrected chi connectivity index (χ4v) is 3.59. The molecule has 0 aliphatic rings. The molecule has 0 amide bonds. The van der Waals surface area contributed by atoms with Crippen molar-refractivity contribution in [3.8, 4) is 11.1 Å². The Bertz CT molecular complexity index is 739. The number of carbonyl (C=O) groups excluding carboxylic acids is 1. The lowest BCUT2D eigenvalue weighted by molar-refractivity contribution is -0.0416. The average Bonchev–Trinajstić information content (AvgIpc) is 2.75. The number of aliphatic hydroxyl groups excluding tert-OH is 1. The molecule has 0 aromatic heterocycles. The topological polar surface area (TPSA) is 69.6 Å². The van der Waals surface area contributed by atoms with E-state index in [-0.39, 0.29) is 23.5 Å². The third-order valence-electron chi connectivity index (χ3n) is 5.91. The summed E-state index contributed by atoms with van der Waals surface area (Å²) in [6.45, 7) is 8.08. The van der Waals surface area contributed by atoms with Crippen LogP contribution in [0.4, 0.5) is 0 Å². The minimum Gasteiger partial charge on any atom is -0.376 e. The molecule has 0 saturated heterocycles. The van der Waals surface area contributed by atoms with Crippen LogP contribution in [0, 0.1) is 17.8 Å². The Hall–Kier alpha value is -2.01. The lowest BCUT2D eigenvalue weighted by Gasteiger charge is -2.26. The Kier molecular flexibility index (Phi) is 8.36. The summed E-state index contributed by atoms with van der Waals surface area (Å²) in [6, 6.07) is 16.3. The molecule has 4 atom stereocenters. The summed E-state index contributed by atoms with van der Waals surface area (Å²) >= 11 is 0. The largest absolute Gasteiger partial charge is 0.376 e. The minimum absolute atomic E-state index is 0.0938. The summed E-state index contributed by atoms with van der Waals surface area (Å²) in [6.07, 6.45) is 1.45. The van der Waals surface area contributed by atoms with Crippen molar-refractivity contribution in [1.82, 2.24) is 5.48 Å². The van der Waals surface area contributed by atoms with Gasteiger partial charge in [-0.05, 0) is 41.9 Å². The van der Waals surface area contributed by atoms with Gasteiger partial charge in [0.2, 0.25) is 0 Å². The quantitative estimate of drug-likeness (QED) is 0.304. The molecule has 2 aromatic carbocycles. The van der Waals surface area contributed by atoms with Gasteiger partial charge in [-0.3, -0.25) is 4.79 Å². The second kappa shape index (κ2) is 10.5. The van der Waals surface area contributed by atoms with Gasteiger partial charge in [0.25, 0.3) is 0 Å². The molecule has 28 heavy (non-hydrogen) atoms. The number of ketones is 1. The molecule has 0 saturated carbocycles. The van der Waals surface area contributed by atoms with E-state index in [0.717, 1.165) is 24.0 Å². The van der Waals surface area contributed by atoms with Crippen LogP contribution in [0.1, 0.15) is 56.5 Å². The summed E-state index contributed by atoms with van der Waals surface area (Å²) < 4.78 is 0. The van der Waals surface area contributed by atoms with Gasteiger partial charge in [-0.1, -0.05) is 76.2 Å². The van der Waals surface area contributed by atoms with E-state index in [1.807, 2.05) is 50.5 Å². The second-order valence-corrected chi connectivity index (χ2v) is 7.74. The van der Waals surface area contributed by atoms with Crippen molar-refractivity contribution in [2.45, 2.75) is 53.2 Å². The predicted molar refractivity (Wildman–Crippen MR) is 113 cm³/mol. The molecule has 4 heteroatoms. The maximum Gasteiger partial charge on any atom is 0.165 e. The first-order chi connectivity index (χ1) is 13.4. The Balaban J connectivity index is 2.06. The normalized spacial score (nSPS) is 15.6. The van der Waals surface area contributed by atoms with Crippen LogP contribution < -0.4 is 5.48 Å². The van der Waals surface area contributed by atoms with Gasteiger partial charge in [-0.15, -0.1) is 0 Å². The van der Waals surface area contributed by atoms with Crippen molar-refractivity contribution in [2.75, 3.05) is 0 Å². The molecular weight excluding hydrogens is 350 g/mol. The van der Waals surface area contributed by atoms with E-state index in [4.69, 9.17) is 5.21 Å². The standard InChI is InChI=1S/C24H33NO3/c1-5-18-7-9-20(10-8-18)21-11-13-22(14-12-21)23(26)17(4)16(3)15-19(6-2)24(27)25-28/h7-14,16-17,19,24-25,27-28H,5-6,15H2,1-4H3/t16?,17?,19-,24+/m1/s1. The van der Waals surface area contributed by atoms with Crippen molar-refractivity contribution in [2.24, 2.45) is 17.8 Å². The first kappa shape index (κ1) is 22.3. The molecule has 0 aliphatic heterocycles. The van der Waals surface area contributed by atoms with Gasteiger partial charge in [0.15, 0.2) is 5.78 Å². The summed E-state index contributed by atoms with van der Waals surface area (Å²) in [7, 11) is 0. The summed E-state index contributed by atoms with van der Waals surface area (Å²) in [5, 5.41) is 18.8. The van der Waals surface area contributed by atoms with Crippen molar-refractivity contribution in [3.05, 3.63) is 59.7 Å². The maximum atomic E-state index is 12.9. The third-order valence-corrected chi connectivity index (χ3v) is 5.91. The number of rotatable bonds is 10. The second-order valence-electron chi connectivity index (χ2n) is 7.74. The van der Waals surface area contributed by atoms with Crippen LogP contribution >= 0.6 is 0 Å². The first-order valence-electron chi connectivity index (χ1n) is 10.2. The molecule has 2 rings (SSSR count). The SMILES string of the molecule is CCc1ccc(-c2ccc(C(=O)C(C)C(C)C[C@@H](CC)[C@H](O)NO)cc2)cc1. The molecule has 0 radical (unpaired) electrons. The molecular formula is C24H33NO3. The van der Waals surface area contributed by atoms with E-state index in [1.165, 1.54) is 5.56 Å². The van der Waals surface area contributed by atoms with E-state index in [2.05, 4.69) is 31.2 Å². The number of Topliss-reactive ketones (excluding diaryl/α,β-unsaturated/α-hetero) is 1. The summed E-state index contributed by atoms with van der Waals surface area (Å²) in [5.41, 5.74) is 6.19. The number of nitrogens with one attached hydrogen (secondary N) is 1. The molecule has 2 unspecified atom stereocenters. The third kappa shape index (κ3) is 5.51. The molecule has 0 aliphatic carbocycles. The summed E-state index contributed by atoms with van der Waals surface area (Å²) in [4.78, 5) is 12.9. The van der Waals surface area contributed by atoms with Gasteiger partial charge in [0.1, 0.15) is 6.23 Å². The van der Waals surface area contributed by atoms with E-state index >= 15 is 0 Å². The van der Waals surface area contributed by atoms with E-state index < -0.39 is 6.23 Å². The molecule has 152 valence electrons. The number of carbonyl (C=O) groups is 1. The van der Waals surface area contributed by atoms with Crippen molar-refractivity contribution in [3.63, 3.8) is 0 Å². The smallest absolute Gasteiger partial charge is 0.165 e. The molecule has 2 aromatic rings. The minimum atomic E-state index is -0.965. The fraction of sp³-hybridized carbons (Fsp3) is 0.458. The predicted octanol–water partition coefficient (Wildman–Crippen LogP) is 5.08. The van der Waals surface area contributed by atoms with Crippen molar-refractivity contribution >= 4 is 5.78 Å². The molecule has 3 N–H and O–H groups in total. The zero-order chi connectivity index (χ0) is 20.7. The lowest BCUT2D eigenvalue weighted by Crippen LogP contribution is -2.35. The van der Waals surface area contributed by atoms with Crippen LogP contribution in [-0.4, -0.2) is 22.3 Å². The highest BCUT2D eigenvalue weighted by Crippen LogP contribution is 2.27. The maximum absolute atomic E-state index is 12.9. The highest BCUT2D eigenvalue weighted by atomic mass is 16.5. The number of hydrogen-bond donors (Lipinski definition) is 3. The Morgan fingerprint density at radius 3 is 1.96 bits per heavy atom. The lowest BCUT2D eigenvalue weighted by atomic mass is 9.81. The van der Waals surface area contributed by atoms with Crippen molar-refractivity contribution < 1.29 is 15.1 Å². The van der Waals surface area contributed by atoms with Crippen LogP contribution in [0.5, 0.6) is 0 Å². The van der Waals surface area contributed by atoms with Crippen LogP contribution in [0.15, 0.2) is 48.5 Å². The zero-order valence-electron chi connectivity index (χ0n) is 17.4. The van der Waals surface area contributed by atoms with Gasteiger partial charge in [-0.25, -0.2) is 0 Å². The highest BCUT2D eigenvalue weighted by molar-refractivity contribution is 5.98. The van der Waals surface area contributed by atoms with E-state index in [0.29, 0.717) is 12.0 Å². The highest BCUT2D eigenvalue weighted by Gasteiger charge is 2.26. The van der Waals surface area contributed by atoms with Gasteiger partial charge < -0.3 is 10.3 Å². The molecule has 0 spiro atoms. The van der Waals surface area contributed by atoms with Crippen LogP contribution in [-0.2, 0) is 6.42 Å². The average molecular weight is 384 g/mol. The van der Waals surface area contributed by atoms with Crippen molar-refractivity contribution in [1.29, 1.82) is 0 Å². The Morgan fingerprint density at radius 2 is 1.50 bits per heavy atom. The van der Waals surface area contributed by atoms with E-state index in [9.17, 15) is 9.90 Å². The van der Waals surface area contributed by atoms with E-state index in [1.54, 1.807) is 0 Å². The molecule has 0 heterocycles. The number of hydrogen-bond acceptors (Lipinski definition) is 4. The van der Waals surface area contributed by atoms with Crippen LogP contribution in [0.3, 0.4) is 0 Å². The van der Waals surface area contributed by atoms with Gasteiger partial charge >= 0.3 is 0 Å². The van der Waals surface area contributed by atoms with Crippen LogP contribution in [0.2, 0.25) is 0 Å². The Morgan fingerprint density at radius 1 is 0.964 bits per heavy atom. The first-order valence-corrected chi connectivity index (χ1v) is 10.2. The number of aliphatic hydroxyl groups is 1. The zero-order valence-corrected chi connectivity index (χ0v) is 17.4. The number of benzene rings is 2. The summed E-state index contributed by atoms with van der Waals surface area (Å²) in [5.74, 6) is -0.0401. The number of aryl methyl sites for hydroxylation is 1. The fourth-order valence-electron chi connectivity index (χ4n) is 3.59. The van der Waals surface area contributed by atoms with Gasteiger partial charge in [-0.2, -0.15) is 5.48 Å². The number of hydroxylamine groups is 1. The molecule has 0 fully saturated rings. The molecule has 4 nitrogen and oxygen atoms in total. The Labute approximate surface area is 168 Å². The van der Waals surface area contributed by atoms with Crippen LogP contribution in [0.25, 0.3) is 11.1 Å².